The molecule has 1 atom stereocenters. The van der Waals surface area contributed by atoms with Gasteiger partial charge in [-0.25, -0.2) is 0 Å². The Bertz CT molecular complexity index is 393. The minimum Gasteiger partial charge on any atom is -0.382 e. The van der Waals surface area contributed by atoms with Crippen molar-refractivity contribution in [1.29, 1.82) is 0 Å². The first-order valence-electron chi connectivity index (χ1n) is 10.5. The topological polar surface area (TPSA) is 48.9 Å². The fourth-order valence-electron chi connectivity index (χ4n) is 4.49. The van der Waals surface area contributed by atoms with Crippen molar-refractivity contribution in [3.8, 4) is 0 Å². The van der Waals surface area contributed by atoms with Crippen molar-refractivity contribution in [1.82, 2.24) is 15.5 Å². The Morgan fingerprint density at radius 3 is 2.64 bits per heavy atom. The Hall–Kier alpha value is -0.810. The van der Waals surface area contributed by atoms with Crippen LogP contribution in [0.5, 0.6) is 0 Å². The average molecular weight is 353 g/mol. The van der Waals surface area contributed by atoms with Gasteiger partial charge in [-0.1, -0.05) is 26.2 Å². The van der Waals surface area contributed by atoms with E-state index in [1.807, 2.05) is 7.05 Å². The molecule has 2 rings (SSSR count). The Labute approximate surface area is 155 Å². The molecule has 1 saturated heterocycles. The number of aliphatic imine (C=N–C) groups is 1. The van der Waals surface area contributed by atoms with Crippen LogP contribution in [-0.2, 0) is 4.74 Å². The molecule has 1 heterocycles. The van der Waals surface area contributed by atoms with Gasteiger partial charge in [0.15, 0.2) is 5.96 Å². The molecule has 0 aromatic carbocycles. The molecule has 1 saturated carbocycles. The highest BCUT2D eigenvalue weighted by Gasteiger charge is 2.33. The number of rotatable bonds is 9. The van der Waals surface area contributed by atoms with Crippen LogP contribution in [0.15, 0.2) is 4.99 Å². The molecule has 1 unspecified atom stereocenters. The number of guanidine groups is 1. The predicted molar refractivity (Wildman–Crippen MR) is 106 cm³/mol. The van der Waals surface area contributed by atoms with E-state index in [1.165, 1.54) is 51.5 Å². The lowest BCUT2D eigenvalue weighted by molar-refractivity contribution is 0.105. The maximum absolute atomic E-state index is 5.63. The molecule has 0 bridgehead atoms. The van der Waals surface area contributed by atoms with Gasteiger partial charge in [-0.15, -0.1) is 0 Å². The maximum atomic E-state index is 5.63. The highest BCUT2D eigenvalue weighted by molar-refractivity contribution is 5.79. The summed E-state index contributed by atoms with van der Waals surface area (Å²) in [7, 11) is 1.88. The molecular formula is C20H40N4O. The van der Waals surface area contributed by atoms with Gasteiger partial charge in [-0.2, -0.15) is 0 Å². The zero-order chi connectivity index (χ0) is 18.0. The highest BCUT2D eigenvalue weighted by Crippen LogP contribution is 2.40. The fraction of sp³-hybridized carbons (Fsp3) is 0.950. The number of likely N-dealkylation sites (N-methyl/N-ethyl adjacent to an activating group) is 1. The van der Waals surface area contributed by atoms with Crippen LogP contribution in [0.2, 0.25) is 0 Å². The standard InChI is InChI=1S/C20H40N4O/c1-4-24-14-9-6-10-18(24)16-22-19(21-3)23-17-20(11-7-8-12-20)13-15-25-5-2/h18H,4-17H2,1-3H3,(H2,21,22,23). The van der Waals surface area contributed by atoms with Gasteiger partial charge in [0, 0.05) is 39.4 Å². The summed E-state index contributed by atoms with van der Waals surface area (Å²) in [5, 5.41) is 7.19. The van der Waals surface area contributed by atoms with Crippen molar-refractivity contribution in [2.45, 2.75) is 71.3 Å². The molecule has 25 heavy (non-hydrogen) atoms. The van der Waals surface area contributed by atoms with E-state index in [4.69, 9.17) is 4.74 Å². The van der Waals surface area contributed by atoms with E-state index in [0.29, 0.717) is 11.5 Å². The summed E-state index contributed by atoms with van der Waals surface area (Å²) >= 11 is 0. The van der Waals surface area contributed by atoms with Crippen molar-refractivity contribution >= 4 is 5.96 Å². The number of hydrogen-bond acceptors (Lipinski definition) is 3. The minimum atomic E-state index is 0.396. The molecule has 1 aliphatic carbocycles. The van der Waals surface area contributed by atoms with E-state index in [2.05, 4.69) is 34.4 Å². The van der Waals surface area contributed by atoms with E-state index in [1.54, 1.807) is 0 Å². The lowest BCUT2D eigenvalue weighted by atomic mass is 9.83. The molecule has 0 radical (unpaired) electrons. The molecule has 2 fully saturated rings. The second-order valence-electron chi connectivity index (χ2n) is 7.74. The van der Waals surface area contributed by atoms with Gasteiger partial charge in [0.1, 0.15) is 0 Å². The molecule has 2 N–H and O–H groups in total. The van der Waals surface area contributed by atoms with Crippen LogP contribution in [-0.4, -0.2) is 63.3 Å². The zero-order valence-electron chi connectivity index (χ0n) is 16.8. The van der Waals surface area contributed by atoms with Crippen molar-refractivity contribution in [2.75, 3.05) is 46.4 Å². The average Bonchev–Trinajstić information content (AvgIpc) is 3.11. The third-order valence-electron chi connectivity index (χ3n) is 6.16. The number of hydrogen-bond donors (Lipinski definition) is 2. The Morgan fingerprint density at radius 1 is 1.16 bits per heavy atom. The van der Waals surface area contributed by atoms with Crippen LogP contribution in [0.3, 0.4) is 0 Å². The van der Waals surface area contributed by atoms with Gasteiger partial charge >= 0.3 is 0 Å². The summed E-state index contributed by atoms with van der Waals surface area (Å²) in [6.07, 6.45) is 10.5. The number of nitrogens with one attached hydrogen (secondary N) is 2. The van der Waals surface area contributed by atoms with Crippen LogP contribution in [0, 0.1) is 5.41 Å². The zero-order valence-corrected chi connectivity index (χ0v) is 16.8. The van der Waals surface area contributed by atoms with E-state index in [0.717, 1.165) is 45.2 Å². The fourth-order valence-corrected chi connectivity index (χ4v) is 4.49. The highest BCUT2D eigenvalue weighted by atomic mass is 16.5. The summed E-state index contributed by atoms with van der Waals surface area (Å²) in [6.45, 7) is 10.5. The Kier molecular flexibility index (Phi) is 9.04. The number of nitrogens with zero attached hydrogens (tertiary/aromatic N) is 2. The molecular weight excluding hydrogens is 312 g/mol. The van der Waals surface area contributed by atoms with Crippen LogP contribution in [0.25, 0.3) is 0 Å². The van der Waals surface area contributed by atoms with Crippen molar-refractivity contribution in [3.63, 3.8) is 0 Å². The summed E-state index contributed by atoms with van der Waals surface area (Å²) in [6, 6.07) is 0.649. The normalized spacial score (nSPS) is 24.4. The van der Waals surface area contributed by atoms with Crippen LogP contribution in [0.1, 0.15) is 65.2 Å². The van der Waals surface area contributed by atoms with Crippen LogP contribution < -0.4 is 10.6 Å². The molecule has 5 nitrogen and oxygen atoms in total. The molecule has 0 aromatic heterocycles. The molecule has 5 heteroatoms. The number of likely N-dealkylation sites (tertiary alicyclic amines) is 1. The number of piperidine rings is 1. The van der Waals surface area contributed by atoms with Gasteiger partial charge in [0.05, 0.1) is 0 Å². The Morgan fingerprint density at radius 2 is 1.96 bits per heavy atom. The molecule has 0 spiro atoms. The lowest BCUT2D eigenvalue weighted by Crippen LogP contribution is -2.50. The van der Waals surface area contributed by atoms with Crippen molar-refractivity contribution in [3.05, 3.63) is 0 Å². The van der Waals surface area contributed by atoms with E-state index in [-0.39, 0.29) is 0 Å². The van der Waals surface area contributed by atoms with Crippen molar-refractivity contribution < 1.29 is 4.74 Å². The number of ether oxygens (including phenoxy) is 1. The largest absolute Gasteiger partial charge is 0.382 e. The third-order valence-corrected chi connectivity index (χ3v) is 6.16. The molecule has 0 amide bonds. The van der Waals surface area contributed by atoms with E-state index in [9.17, 15) is 0 Å². The molecule has 1 aliphatic heterocycles. The molecule has 0 aromatic rings. The smallest absolute Gasteiger partial charge is 0.191 e. The van der Waals surface area contributed by atoms with Gasteiger partial charge < -0.3 is 15.4 Å². The first kappa shape index (κ1) is 20.5. The summed E-state index contributed by atoms with van der Waals surface area (Å²) in [5.74, 6) is 0.962. The second-order valence-corrected chi connectivity index (χ2v) is 7.74. The maximum Gasteiger partial charge on any atom is 0.191 e. The quantitative estimate of drug-likeness (QED) is 0.380. The summed E-state index contributed by atoms with van der Waals surface area (Å²) < 4.78 is 5.63. The van der Waals surface area contributed by atoms with Gasteiger partial charge in [0.25, 0.3) is 0 Å². The SMILES string of the molecule is CCOCCC1(CNC(=NC)NCC2CCCCN2CC)CCCC1. The van der Waals surface area contributed by atoms with E-state index >= 15 is 0 Å². The van der Waals surface area contributed by atoms with E-state index < -0.39 is 0 Å². The van der Waals surface area contributed by atoms with Gasteiger partial charge in [-0.05, 0) is 57.5 Å². The summed E-state index contributed by atoms with van der Waals surface area (Å²) in [4.78, 5) is 7.06. The first-order chi connectivity index (χ1) is 12.2. The first-order valence-corrected chi connectivity index (χ1v) is 10.5. The predicted octanol–water partition coefficient (Wildman–Crippen LogP) is 3.01. The Balaban J connectivity index is 1.78. The van der Waals surface area contributed by atoms with Crippen LogP contribution in [0.4, 0.5) is 0 Å². The van der Waals surface area contributed by atoms with Crippen molar-refractivity contribution in [2.24, 2.45) is 10.4 Å². The molecule has 146 valence electrons. The second kappa shape index (κ2) is 11.0. The molecule has 2 aliphatic rings. The van der Waals surface area contributed by atoms with Gasteiger partial charge in [0.2, 0.25) is 0 Å². The summed E-state index contributed by atoms with van der Waals surface area (Å²) in [5.41, 5.74) is 0.396. The monoisotopic (exact) mass is 352 g/mol. The lowest BCUT2D eigenvalue weighted by Gasteiger charge is -2.35. The third kappa shape index (κ3) is 6.45. The minimum absolute atomic E-state index is 0.396. The van der Waals surface area contributed by atoms with Gasteiger partial charge in [-0.3, -0.25) is 9.89 Å². The van der Waals surface area contributed by atoms with Crippen LogP contribution >= 0.6 is 0 Å².